The van der Waals surface area contributed by atoms with Gasteiger partial charge in [0, 0.05) is 11.5 Å². The van der Waals surface area contributed by atoms with Gasteiger partial charge in [-0.05, 0) is 18.4 Å². The lowest BCUT2D eigenvalue weighted by Crippen LogP contribution is -2.09. The highest BCUT2D eigenvalue weighted by Gasteiger charge is 2.17. The van der Waals surface area contributed by atoms with Gasteiger partial charge in [0.2, 0.25) is 5.89 Å². The van der Waals surface area contributed by atoms with Crippen molar-refractivity contribution in [1.82, 2.24) is 14.6 Å². The van der Waals surface area contributed by atoms with Crippen molar-refractivity contribution in [3.8, 4) is 10.8 Å². The monoisotopic (exact) mass is 355 g/mol. The fourth-order valence-corrected chi connectivity index (χ4v) is 2.97. The summed E-state index contributed by atoms with van der Waals surface area (Å²) < 4.78 is 14.8. The molecule has 0 atom stereocenters. The molecule has 22 heavy (non-hydrogen) atoms. The van der Waals surface area contributed by atoms with Gasteiger partial charge in [-0.1, -0.05) is 22.2 Å². The van der Waals surface area contributed by atoms with Crippen LogP contribution >= 0.6 is 34.5 Å². The number of nitrogens with zero attached hydrogens (tertiary/aromatic N) is 3. The second-order valence-electron chi connectivity index (χ2n) is 4.33. The molecule has 0 aromatic carbocycles. The van der Waals surface area contributed by atoms with Gasteiger partial charge < -0.3 is 9.15 Å². The summed E-state index contributed by atoms with van der Waals surface area (Å²) in [7, 11) is 0. The van der Waals surface area contributed by atoms with Crippen LogP contribution in [0.5, 0.6) is 0 Å². The van der Waals surface area contributed by atoms with Crippen LogP contribution < -0.4 is 0 Å². The Morgan fingerprint density at radius 3 is 3.00 bits per heavy atom. The molecule has 0 spiro atoms. The normalized spacial score (nSPS) is 10.8. The molecule has 9 heteroatoms. The number of esters is 1. The Hall–Kier alpha value is -1.77. The highest BCUT2D eigenvalue weighted by atomic mass is 35.5. The molecule has 0 aliphatic rings. The van der Waals surface area contributed by atoms with E-state index in [0.717, 1.165) is 16.4 Å². The van der Waals surface area contributed by atoms with Crippen LogP contribution in [0.15, 0.2) is 21.9 Å². The van der Waals surface area contributed by atoms with Gasteiger partial charge in [0.1, 0.15) is 22.4 Å². The predicted octanol–water partition coefficient (Wildman–Crippen LogP) is 3.50. The standard InChI is InChI=1S/C13H10ClN3O3S2/c1-7-8(15-13(20-7)10-3-2-4-21-10)5-11(18)19-6-9-12(14)22-17-16-9/h2-4H,5-6H2,1H3. The number of oxazole rings is 1. The second-order valence-corrected chi connectivity index (χ2v) is 6.63. The number of halogens is 1. The Kier molecular flexibility index (Phi) is 4.51. The third-order valence-electron chi connectivity index (χ3n) is 2.82. The Morgan fingerprint density at radius 1 is 1.45 bits per heavy atom. The van der Waals surface area contributed by atoms with Crippen molar-refractivity contribution in [3.05, 3.63) is 39.0 Å². The van der Waals surface area contributed by atoms with E-state index in [1.54, 1.807) is 6.92 Å². The second kappa shape index (κ2) is 6.55. The highest BCUT2D eigenvalue weighted by Crippen LogP contribution is 2.26. The van der Waals surface area contributed by atoms with Crippen molar-refractivity contribution in [2.45, 2.75) is 20.0 Å². The van der Waals surface area contributed by atoms with Crippen molar-refractivity contribution in [2.75, 3.05) is 0 Å². The van der Waals surface area contributed by atoms with Crippen molar-refractivity contribution >= 4 is 40.4 Å². The first-order valence-corrected chi connectivity index (χ1v) is 8.29. The van der Waals surface area contributed by atoms with Gasteiger partial charge in [-0.25, -0.2) is 4.98 Å². The summed E-state index contributed by atoms with van der Waals surface area (Å²) in [6, 6.07) is 3.83. The SMILES string of the molecule is Cc1oc(-c2cccs2)nc1CC(=O)OCc1nnsc1Cl. The summed E-state index contributed by atoms with van der Waals surface area (Å²) in [6.07, 6.45) is 0.0376. The van der Waals surface area contributed by atoms with Gasteiger partial charge in [0.25, 0.3) is 0 Å². The zero-order valence-electron chi connectivity index (χ0n) is 11.4. The van der Waals surface area contributed by atoms with E-state index < -0.39 is 5.97 Å². The number of rotatable bonds is 5. The molecule has 0 bridgehead atoms. The lowest BCUT2D eigenvalue weighted by Gasteiger charge is -2.01. The number of carbonyl (C=O) groups excluding carboxylic acids is 1. The molecule has 0 fully saturated rings. The van der Waals surface area contributed by atoms with E-state index in [-0.39, 0.29) is 13.0 Å². The van der Waals surface area contributed by atoms with Gasteiger partial charge in [-0.2, -0.15) is 0 Å². The summed E-state index contributed by atoms with van der Waals surface area (Å²) >= 11 is 8.42. The number of carbonyl (C=O) groups is 1. The first-order chi connectivity index (χ1) is 10.6. The molecule has 0 saturated heterocycles. The van der Waals surface area contributed by atoms with Crippen LogP contribution in [0.4, 0.5) is 0 Å². The van der Waals surface area contributed by atoms with Gasteiger partial charge in [-0.3, -0.25) is 4.79 Å². The average molecular weight is 356 g/mol. The van der Waals surface area contributed by atoms with Crippen LogP contribution in [-0.2, 0) is 22.6 Å². The van der Waals surface area contributed by atoms with E-state index in [9.17, 15) is 4.79 Å². The molecule has 114 valence electrons. The molecule has 0 aliphatic carbocycles. The number of hydrogen-bond donors (Lipinski definition) is 0. The summed E-state index contributed by atoms with van der Waals surface area (Å²) in [5.41, 5.74) is 1.02. The van der Waals surface area contributed by atoms with Crippen LogP contribution in [0.2, 0.25) is 4.34 Å². The molecular weight excluding hydrogens is 346 g/mol. The number of ether oxygens (including phenoxy) is 1. The minimum Gasteiger partial charge on any atom is -0.459 e. The molecule has 3 aromatic heterocycles. The third kappa shape index (κ3) is 3.34. The number of aromatic nitrogens is 3. The summed E-state index contributed by atoms with van der Waals surface area (Å²) in [5, 5.41) is 5.72. The van der Waals surface area contributed by atoms with Crippen LogP contribution in [0.1, 0.15) is 17.1 Å². The molecule has 0 amide bonds. The topological polar surface area (TPSA) is 78.1 Å². The molecular formula is C13H10ClN3O3S2. The molecule has 0 aliphatic heterocycles. The molecule has 3 rings (SSSR count). The van der Waals surface area contributed by atoms with E-state index in [1.165, 1.54) is 11.3 Å². The predicted molar refractivity (Wildman–Crippen MR) is 83.0 cm³/mol. The number of thiophene rings is 1. The molecule has 3 aromatic rings. The van der Waals surface area contributed by atoms with E-state index in [4.69, 9.17) is 20.8 Å². The molecule has 0 unspecified atom stereocenters. The van der Waals surface area contributed by atoms with Gasteiger partial charge in [0.05, 0.1) is 17.0 Å². The maximum Gasteiger partial charge on any atom is 0.312 e. The Morgan fingerprint density at radius 2 is 2.32 bits per heavy atom. The van der Waals surface area contributed by atoms with Crippen molar-refractivity contribution in [3.63, 3.8) is 0 Å². The van der Waals surface area contributed by atoms with E-state index >= 15 is 0 Å². The maximum absolute atomic E-state index is 11.9. The fourth-order valence-electron chi connectivity index (χ4n) is 1.72. The van der Waals surface area contributed by atoms with Crippen molar-refractivity contribution < 1.29 is 13.9 Å². The first kappa shape index (κ1) is 15.1. The molecule has 6 nitrogen and oxygen atoms in total. The average Bonchev–Trinajstić information content (AvgIpc) is 3.19. The van der Waals surface area contributed by atoms with E-state index in [1.807, 2.05) is 17.5 Å². The molecule has 3 heterocycles. The minimum atomic E-state index is -0.418. The summed E-state index contributed by atoms with van der Waals surface area (Å²) in [6.45, 7) is 1.77. The number of hydrogen-bond acceptors (Lipinski definition) is 8. The van der Waals surface area contributed by atoms with Crippen molar-refractivity contribution in [1.29, 1.82) is 0 Å². The maximum atomic E-state index is 11.9. The minimum absolute atomic E-state index is 0.00282. The third-order valence-corrected chi connectivity index (χ3v) is 4.66. The fraction of sp³-hybridized carbons (Fsp3) is 0.231. The molecule has 0 saturated carbocycles. The Balaban J connectivity index is 1.63. The van der Waals surface area contributed by atoms with Gasteiger partial charge in [0.15, 0.2) is 0 Å². The largest absolute Gasteiger partial charge is 0.459 e. The summed E-state index contributed by atoms with van der Waals surface area (Å²) in [5.74, 6) is 0.703. The van der Waals surface area contributed by atoms with Crippen LogP contribution in [0.25, 0.3) is 10.8 Å². The zero-order chi connectivity index (χ0) is 15.5. The van der Waals surface area contributed by atoms with E-state index in [0.29, 0.717) is 27.4 Å². The highest BCUT2D eigenvalue weighted by molar-refractivity contribution is 7.13. The summed E-state index contributed by atoms with van der Waals surface area (Å²) in [4.78, 5) is 17.1. The van der Waals surface area contributed by atoms with Crippen LogP contribution in [0.3, 0.4) is 0 Å². The van der Waals surface area contributed by atoms with Crippen molar-refractivity contribution in [2.24, 2.45) is 0 Å². The van der Waals surface area contributed by atoms with Gasteiger partial charge >= 0.3 is 5.97 Å². The molecule has 0 N–H and O–H groups in total. The molecule has 0 radical (unpaired) electrons. The number of aryl methyl sites for hydroxylation is 1. The Labute approximate surface area is 138 Å². The van der Waals surface area contributed by atoms with Crippen LogP contribution in [-0.4, -0.2) is 20.5 Å². The Bertz CT molecular complexity index is 782. The van der Waals surface area contributed by atoms with Crippen LogP contribution in [0, 0.1) is 6.92 Å². The van der Waals surface area contributed by atoms with E-state index in [2.05, 4.69) is 14.6 Å². The van der Waals surface area contributed by atoms with Gasteiger partial charge in [-0.15, -0.1) is 16.4 Å². The first-order valence-electron chi connectivity index (χ1n) is 6.26. The lowest BCUT2D eigenvalue weighted by atomic mass is 10.3. The lowest BCUT2D eigenvalue weighted by molar-refractivity contribution is -0.144. The smallest absolute Gasteiger partial charge is 0.312 e. The quantitative estimate of drug-likeness (QED) is 0.652. The zero-order valence-corrected chi connectivity index (χ0v) is 13.8.